The number of carbonyl (C=O) groups excluding carboxylic acids is 1. The molecule has 0 aromatic heterocycles. The van der Waals surface area contributed by atoms with Crippen molar-refractivity contribution >= 4 is 5.91 Å². The van der Waals surface area contributed by atoms with Crippen molar-refractivity contribution in [1.82, 2.24) is 4.90 Å². The Labute approximate surface area is 122 Å². The molecule has 1 saturated heterocycles. The highest BCUT2D eigenvalue weighted by atomic mass is 16.2. The molecule has 108 valence electrons. The lowest BCUT2D eigenvalue weighted by Gasteiger charge is -2.39. The highest BCUT2D eigenvalue weighted by molar-refractivity contribution is 5.79. The van der Waals surface area contributed by atoms with Gasteiger partial charge in [0.2, 0.25) is 5.91 Å². The van der Waals surface area contributed by atoms with Crippen LogP contribution in [0.3, 0.4) is 0 Å². The van der Waals surface area contributed by atoms with Gasteiger partial charge in [-0.2, -0.15) is 0 Å². The molecule has 0 N–H and O–H groups in total. The average Bonchev–Trinajstić information content (AvgIpc) is 2.60. The predicted octanol–water partition coefficient (Wildman–Crippen LogP) is 3.66. The highest BCUT2D eigenvalue weighted by Crippen LogP contribution is 2.52. The lowest BCUT2D eigenvalue weighted by Crippen LogP contribution is -2.38. The third kappa shape index (κ3) is 2.61. The maximum atomic E-state index is 12.6. The Morgan fingerprint density at radius 1 is 1.20 bits per heavy atom. The molecule has 3 rings (SSSR count). The van der Waals surface area contributed by atoms with E-state index in [2.05, 4.69) is 25.7 Å². The fourth-order valence-electron chi connectivity index (χ4n) is 4.62. The number of fused-ring (bicyclic) bond motifs is 2. The largest absolute Gasteiger partial charge is 0.339 e. The first-order valence-electron chi connectivity index (χ1n) is 7.70. The molecule has 2 nitrogen and oxygen atoms in total. The van der Waals surface area contributed by atoms with E-state index in [1.165, 1.54) is 12.8 Å². The van der Waals surface area contributed by atoms with Gasteiger partial charge < -0.3 is 4.90 Å². The van der Waals surface area contributed by atoms with Crippen LogP contribution in [-0.4, -0.2) is 23.4 Å². The maximum Gasteiger partial charge on any atom is 0.227 e. The number of rotatable bonds is 2. The summed E-state index contributed by atoms with van der Waals surface area (Å²) in [5.74, 6) is 0.308. The van der Waals surface area contributed by atoms with E-state index in [-0.39, 0.29) is 0 Å². The molecule has 1 aliphatic heterocycles. The summed E-state index contributed by atoms with van der Waals surface area (Å²) in [6.07, 6.45) is 4.14. The Morgan fingerprint density at radius 3 is 2.60 bits per heavy atom. The first kappa shape index (κ1) is 13.7. The van der Waals surface area contributed by atoms with Crippen molar-refractivity contribution in [2.75, 3.05) is 6.54 Å². The van der Waals surface area contributed by atoms with Crippen molar-refractivity contribution < 1.29 is 4.79 Å². The Hall–Kier alpha value is -1.31. The molecule has 2 aliphatic rings. The van der Waals surface area contributed by atoms with E-state index in [1.54, 1.807) is 0 Å². The van der Waals surface area contributed by atoms with Crippen molar-refractivity contribution in [3.63, 3.8) is 0 Å². The minimum atomic E-state index is 0.308. The van der Waals surface area contributed by atoms with Crippen LogP contribution < -0.4 is 0 Å². The topological polar surface area (TPSA) is 20.3 Å². The molecule has 2 bridgehead atoms. The van der Waals surface area contributed by atoms with Crippen molar-refractivity contribution in [1.29, 1.82) is 0 Å². The van der Waals surface area contributed by atoms with Gasteiger partial charge in [0.1, 0.15) is 0 Å². The molecule has 1 heterocycles. The molecule has 0 spiro atoms. The third-order valence-electron chi connectivity index (χ3n) is 4.93. The maximum absolute atomic E-state index is 12.6. The highest BCUT2D eigenvalue weighted by Gasteiger charge is 2.50. The quantitative estimate of drug-likeness (QED) is 0.804. The van der Waals surface area contributed by atoms with Gasteiger partial charge in [0, 0.05) is 12.6 Å². The monoisotopic (exact) mass is 271 g/mol. The number of benzene rings is 1. The number of carbonyl (C=O) groups is 1. The van der Waals surface area contributed by atoms with E-state index in [1.807, 2.05) is 30.3 Å². The lowest BCUT2D eigenvalue weighted by molar-refractivity contribution is -0.131. The molecule has 0 unspecified atom stereocenters. The lowest BCUT2D eigenvalue weighted by atomic mass is 9.65. The summed E-state index contributed by atoms with van der Waals surface area (Å²) < 4.78 is 0. The van der Waals surface area contributed by atoms with Gasteiger partial charge in [-0.1, -0.05) is 51.1 Å². The predicted molar refractivity (Wildman–Crippen MR) is 81.4 cm³/mol. The summed E-state index contributed by atoms with van der Waals surface area (Å²) in [7, 11) is 0. The average molecular weight is 271 g/mol. The molecule has 0 radical (unpaired) electrons. The van der Waals surface area contributed by atoms with Gasteiger partial charge in [-0.15, -0.1) is 0 Å². The molecule has 1 amide bonds. The summed E-state index contributed by atoms with van der Waals surface area (Å²) in [5, 5.41) is 0. The Bertz CT molecular complexity index is 507. The van der Waals surface area contributed by atoms with Crippen molar-refractivity contribution in [2.24, 2.45) is 10.8 Å². The summed E-state index contributed by atoms with van der Waals surface area (Å²) in [6, 6.07) is 10.6. The summed E-state index contributed by atoms with van der Waals surface area (Å²) in [5.41, 5.74) is 1.83. The minimum Gasteiger partial charge on any atom is -0.339 e. The van der Waals surface area contributed by atoms with Gasteiger partial charge >= 0.3 is 0 Å². The normalized spacial score (nSPS) is 31.4. The smallest absolute Gasteiger partial charge is 0.227 e. The first-order chi connectivity index (χ1) is 9.37. The summed E-state index contributed by atoms with van der Waals surface area (Å²) >= 11 is 0. The van der Waals surface area contributed by atoms with Gasteiger partial charge in [-0.25, -0.2) is 0 Å². The van der Waals surface area contributed by atoms with E-state index in [4.69, 9.17) is 0 Å². The summed E-state index contributed by atoms with van der Waals surface area (Å²) in [6.45, 7) is 8.01. The van der Waals surface area contributed by atoms with E-state index in [0.29, 0.717) is 29.2 Å². The van der Waals surface area contributed by atoms with Crippen molar-refractivity contribution in [2.45, 2.75) is 52.5 Å². The molecule has 1 aliphatic carbocycles. The molecular weight excluding hydrogens is 246 g/mol. The minimum absolute atomic E-state index is 0.308. The number of hydrogen-bond donors (Lipinski definition) is 0. The van der Waals surface area contributed by atoms with E-state index < -0.39 is 0 Å². The van der Waals surface area contributed by atoms with Gasteiger partial charge in [-0.3, -0.25) is 4.79 Å². The fraction of sp³-hybridized carbons (Fsp3) is 0.611. The second-order valence-electron chi connectivity index (χ2n) is 7.90. The van der Waals surface area contributed by atoms with E-state index >= 15 is 0 Å². The zero-order valence-electron chi connectivity index (χ0n) is 12.9. The molecule has 1 aromatic carbocycles. The number of nitrogens with zero attached hydrogens (tertiary/aromatic N) is 1. The molecule has 1 saturated carbocycles. The van der Waals surface area contributed by atoms with E-state index in [0.717, 1.165) is 18.5 Å². The van der Waals surface area contributed by atoms with Gasteiger partial charge in [0.05, 0.1) is 6.42 Å². The zero-order valence-corrected chi connectivity index (χ0v) is 12.9. The van der Waals surface area contributed by atoms with Crippen LogP contribution in [0.2, 0.25) is 0 Å². The number of likely N-dealkylation sites (tertiary alicyclic amines) is 1. The van der Waals surface area contributed by atoms with Gasteiger partial charge in [-0.05, 0) is 35.7 Å². The first-order valence-corrected chi connectivity index (χ1v) is 7.70. The molecule has 2 heteroatoms. The molecule has 1 aromatic rings. The SMILES string of the molecule is CC1(C)C[C@H]2C[C@@](C)(CN2C(=O)Cc2ccccc2)C1. The van der Waals surface area contributed by atoms with Gasteiger partial charge in [0.15, 0.2) is 0 Å². The van der Waals surface area contributed by atoms with Gasteiger partial charge in [0.25, 0.3) is 0 Å². The molecule has 2 atom stereocenters. The van der Waals surface area contributed by atoms with Crippen LogP contribution in [-0.2, 0) is 11.2 Å². The number of hydrogen-bond acceptors (Lipinski definition) is 1. The Balaban J connectivity index is 1.74. The van der Waals surface area contributed by atoms with Crippen molar-refractivity contribution in [3.8, 4) is 0 Å². The standard InChI is InChI=1S/C18H25NO/c1-17(2)10-15-11-18(3,12-17)13-19(15)16(20)9-14-7-5-4-6-8-14/h4-8,15H,9-13H2,1-3H3/t15-,18+/m0/s1. The van der Waals surface area contributed by atoms with Crippen LogP contribution in [0.4, 0.5) is 0 Å². The van der Waals surface area contributed by atoms with Crippen LogP contribution in [0.1, 0.15) is 45.6 Å². The second-order valence-corrected chi connectivity index (χ2v) is 7.90. The Morgan fingerprint density at radius 2 is 1.90 bits per heavy atom. The van der Waals surface area contributed by atoms with Crippen LogP contribution in [0, 0.1) is 10.8 Å². The zero-order chi connectivity index (χ0) is 14.4. The van der Waals surface area contributed by atoms with E-state index in [9.17, 15) is 4.79 Å². The second kappa shape index (κ2) is 4.61. The van der Waals surface area contributed by atoms with Crippen LogP contribution in [0.15, 0.2) is 30.3 Å². The molecule has 2 fully saturated rings. The molecular formula is C18H25NO. The third-order valence-corrected chi connectivity index (χ3v) is 4.93. The number of amides is 1. The summed E-state index contributed by atoms with van der Waals surface area (Å²) in [4.78, 5) is 14.8. The van der Waals surface area contributed by atoms with Crippen LogP contribution in [0.5, 0.6) is 0 Å². The fourth-order valence-corrected chi connectivity index (χ4v) is 4.62. The molecule has 20 heavy (non-hydrogen) atoms. The Kier molecular flexibility index (Phi) is 3.15. The van der Waals surface area contributed by atoms with Crippen molar-refractivity contribution in [3.05, 3.63) is 35.9 Å². The van der Waals surface area contributed by atoms with Crippen LogP contribution in [0.25, 0.3) is 0 Å². The van der Waals surface area contributed by atoms with Crippen LogP contribution >= 0.6 is 0 Å².